The van der Waals surface area contributed by atoms with Crippen molar-refractivity contribution in [3.8, 4) is 0 Å². The Kier molecular flexibility index (Phi) is 3.00. The Labute approximate surface area is 102 Å². The molecule has 2 heterocycles. The Morgan fingerprint density at radius 3 is 2.83 bits per heavy atom. The third kappa shape index (κ3) is 2.04. The fraction of sp³-hybridized carbons (Fsp3) is 0.400. The average Bonchev–Trinajstić information content (AvgIpc) is 2.72. The van der Waals surface area contributed by atoms with Gasteiger partial charge in [0.2, 0.25) is 11.9 Å². The number of rotatable bonds is 3. The van der Waals surface area contributed by atoms with Gasteiger partial charge < -0.3 is 5.43 Å². The number of amides is 1. The smallest absolute Gasteiger partial charge is 0.280 e. The molecular weight excluding hydrogens is 236 g/mol. The predicted molar refractivity (Wildman–Crippen MR) is 66.9 cm³/mol. The number of fused-ring (bicyclic) bond motifs is 1. The molecule has 3 N–H and O–H groups in total. The van der Waals surface area contributed by atoms with E-state index in [9.17, 15) is 9.59 Å². The maximum Gasteiger partial charge on any atom is 0.280 e. The largest absolute Gasteiger partial charge is 0.326 e. The van der Waals surface area contributed by atoms with Crippen molar-refractivity contribution in [3.05, 3.63) is 16.7 Å². The summed E-state index contributed by atoms with van der Waals surface area (Å²) >= 11 is 0. The van der Waals surface area contributed by atoms with Crippen molar-refractivity contribution >= 4 is 23.0 Å². The van der Waals surface area contributed by atoms with Gasteiger partial charge in [-0.3, -0.25) is 19.9 Å². The molecule has 2 aromatic rings. The first-order chi connectivity index (χ1) is 8.52. The van der Waals surface area contributed by atoms with Crippen LogP contribution < -0.4 is 16.3 Å². The van der Waals surface area contributed by atoms with Gasteiger partial charge >= 0.3 is 0 Å². The molecule has 2 aromatic heterocycles. The number of carbonyl (C=O) groups is 1. The zero-order chi connectivity index (χ0) is 13.3. The summed E-state index contributed by atoms with van der Waals surface area (Å²) < 4.78 is 1.50. The molecule has 8 nitrogen and oxygen atoms in total. The highest BCUT2D eigenvalue weighted by molar-refractivity contribution is 5.91. The van der Waals surface area contributed by atoms with Gasteiger partial charge in [0, 0.05) is 13.0 Å². The van der Waals surface area contributed by atoms with Gasteiger partial charge in [-0.2, -0.15) is 4.98 Å². The van der Waals surface area contributed by atoms with E-state index in [1.54, 1.807) is 20.9 Å². The van der Waals surface area contributed by atoms with Gasteiger partial charge in [-0.15, -0.1) is 0 Å². The molecule has 1 amide bonds. The molecule has 8 heteroatoms. The topological polar surface area (TPSA) is 105 Å². The number of carbonyl (C=O) groups excluding carboxylic acids is 1. The van der Waals surface area contributed by atoms with Crippen molar-refractivity contribution in [1.82, 2.24) is 19.6 Å². The van der Waals surface area contributed by atoms with Crippen molar-refractivity contribution < 1.29 is 4.79 Å². The van der Waals surface area contributed by atoms with Crippen LogP contribution in [0.2, 0.25) is 0 Å². The standard InChI is InChI=1S/C10H14N6O2/c1-5(2)8(17)14-10-13-7-6(9(18)15-10)12-4-16(7)11-3/h4-5,11H,1-3H3,(H2,13,14,15,17,18). The van der Waals surface area contributed by atoms with Crippen molar-refractivity contribution in [3.63, 3.8) is 0 Å². The first kappa shape index (κ1) is 12.1. The number of aromatic nitrogens is 4. The summed E-state index contributed by atoms with van der Waals surface area (Å²) in [7, 11) is 1.68. The third-order valence-corrected chi connectivity index (χ3v) is 2.41. The fourth-order valence-electron chi connectivity index (χ4n) is 1.39. The van der Waals surface area contributed by atoms with Crippen LogP contribution in [0, 0.1) is 5.92 Å². The number of H-pyrrole nitrogens is 1. The number of imidazole rings is 1. The lowest BCUT2D eigenvalue weighted by Crippen LogP contribution is -2.22. The van der Waals surface area contributed by atoms with Crippen LogP contribution in [0.5, 0.6) is 0 Å². The minimum Gasteiger partial charge on any atom is -0.326 e. The molecule has 0 bridgehead atoms. The van der Waals surface area contributed by atoms with Crippen LogP contribution >= 0.6 is 0 Å². The van der Waals surface area contributed by atoms with Gasteiger partial charge in [-0.25, -0.2) is 9.66 Å². The first-order valence-electron chi connectivity index (χ1n) is 5.49. The van der Waals surface area contributed by atoms with E-state index in [1.807, 2.05) is 0 Å². The molecule has 0 radical (unpaired) electrons. The molecule has 96 valence electrons. The number of aromatic amines is 1. The Bertz CT molecular complexity index is 641. The van der Waals surface area contributed by atoms with Crippen LogP contribution in [-0.4, -0.2) is 32.6 Å². The van der Waals surface area contributed by atoms with Crippen molar-refractivity contribution in [2.45, 2.75) is 13.8 Å². The predicted octanol–water partition coefficient (Wildman–Crippen LogP) is -0.113. The molecule has 0 aromatic carbocycles. The summed E-state index contributed by atoms with van der Waals surface area (Å²) in [4.78, 5) is 33.8. The maximum atomic E-state index is 11.7. The van der Waals surface area contributed by atoms with Crippen LogP contribution in [0.3, 0.4) is 0 Å². The van der Waals surface area contributed by atoms with E-state index in [0.29, 0.717) is 5.65 Å². The maximum absolute atomic E-state index is 11.7. The quantitative estimate of drug-likeness (QED) is 0.704. The summed E-state index contributed by atoms with van der Waals surface area (Å²) in [5.41, 5.74) is 2.99. The number of nitrogens with zero attached hydrogens (tertiary/aromatic N) is 3. The highest BCUT2D eigenvalue weighted by Gasteiger charge is 2.13. The van der Waals surface area contributed by atoms with Gasteiger partial charge in [0.05, 0.1) is 0 Å². The lowest BCUT2D eigenvalue weighted by Gasteiger charge is -2.07. The summed E-state index contributed by atoms with van der Waals surface area (Å²) in [6, 6.07) is 0. The van der Waals surface area contributed by atoms with Gasteiger partial charge in [-0.05, 0) is 0 Å². The summed E-state index contributed by atoms with van der Waals surface area (Å²) in [5.74, 6) is -0.295. The van der Waals surface area contributed by atoms with Crippen molar-refractivity contribution in [2.75, 3.05) is 17.8 Å². The molecule has 0 atom stereocenters. The Balaban J connectivity index is 2.47. The zero-order valence-electron chi connectivity index (χ0n) is 10.3. The van der Waals surface area contributed by atoms with E-state index < -0.39 is 5.56 Å². The van der Waals surface area contributed by atoms with Crippen LogP contribution in [0.1, 0.15) is 13.8 Å². The van der Waals surface area contributed by atoms with E-state index in [0.717, 1.165) is 0 Å². The Hall–Kier alpha value is -2.38. The lowest BCUT2D eigenvalue weighted by molar-refractivity contribution is -0.118. The normalized spacial score (nSPS) is 10.9. The minimum atomic E-state index is -0.395. The van der Waals surface area contributed by atoms with Crippen LogP contribution in [0.25, 0.3) is 11.2 Å². The van der Waals surface area contributed by atoms with Crippen LogP contribution in [0.4, 0.5) is 5.95 Å². The molecule has 0 spiro atoms. The van der Waals surface area contributed by atoms with Gasteiger partial charge in [0.1, 0.15) is 6.33 Å². The molecule has 0 aliphatic carbocycles. The van der Waals surface area contributed by atoms with Gasteiger partial charge in [-0.1, -0.05) is 13.8 Å². The van der Waals surface area contributed by atoms with E-state index in [1.165, 1.54) is 11.0 Å². The highest BCUT2D eigenvalue weighted by Crippen LogP contribution is 2.07. The number of hydrogen-bond acceptors (Lipinski definition) is 5. The third-order valence-electron chi connectivity index (χ3n) is 2.41. The second kappa shape index (κ2) is 4.47. The van der Waals surface area contributed by atoms with Crippen molar-refractivity contribution in [1.29, 1.82) is 0 Å². The van der Waals surface area contributed by atoms with Crippen molar-refractivity contribution in [2.24, 2.45) is 5.92 Å². The van der Waals surface area contributed by atoms with Crippen LogP contribution in [0.15, 0.2) is 11.1 Å². The molecule has 0 aliphatic heterocycles. The van der Waals surface area contributed by atoms with Gasteiger partial charge in [0.25, 0.3) is 5.56 Å². The summed E-state index contributed by atoms with van der Waals surface area (Å²) in [6.07, 6.45) is 1.45. The average molecular weight is 250 g/mol. The second-order valence-corrected chi connectivity index (χ2v) is 4.07. The molecule has 0 aliphatic rings. The Morgan fingerprint density at radius 2 is 2.22 bits per heavy atom. The monoisotopic (exact) mass is 250 g/mol. The molecule has 0 saturated carbocycles. The first-order valence-corrected chi connectivity index (χ1v) is 5.49. The SMILES string of the molecule is CNn1cnc2c(=O)[nH]c(NC(=O)C(C)C)nc21. The highest BCUT2D eigenvalue weighted by atomic mass is 16.2. The number of hydrogen-bond donors (Lipinski definition) is 3. The molecule has 18 heavy (non-hydrogen) atoms. The Morgan fingerprint density at radius 1 is 1.50 bits per heavy atom. The summed E-state index contributed by atoms with van der Waals surface area (Å²) in [6.45, 7) is 3.51. The lowest BCUT2D eigenvalue weighted by atomic mass is 10.2. The molecule has 0 unspecified atom stereocenters. The number of nitrogens with one attached hydrogen (secondary N) is 3. The van der Waals surface area contributed by atoms with E-state index in [-0.39, 0.29) is 23.3 Å². The molecule has 0 fully saturated rings. The minimum absolute atomic E-state index is 0.114. The molecule has 2 rings (SSSR count). The second-order valence-electron chi connectivity index (χ2n) is 4.07. The number of anilines is 1. The van der Waals surface area contributed by atoms with E-state index >= 15 is 0 Å². The van der Waals surface area contributed by atoms with E-state index in [2.05, 4.69) is 25.7 Å². The zero-order valence-corrected chi connectivity index (χ0v) is 10.3. The fourth-order valence-corrected chi connectivity index (χ4v) is 1.39. The molecular formula is C10H14N6O2. The van der Waals surface area contributed by atoms with Gasteiger partial charge in [0.15, 0.2) is 11.2 Å². The van der Waals surface area contributed by atoms with Crippen LogP contribution in [-0.2, 0) is 4.79 Å². The van der Waals surface area contributed by atoms with E-state index in [4.69, 9.17) is 0 Å². The molecule has 0 saturated heterocycles. The summed E-state index contributed by atoms with van der Waals surface area (Å²) in [5, 5.41) is 2.54.